The van der Waals surface area contributed by atoms with Crippen LogP contribution < -0.4 is 9.64 Å². The number of nitrogens with zero attached hydrogens (tertiary/aromatic N) is 4. The molecule has 2 aromatic carbocycles. The standard InChI is InChI=1S/C19H17ClN6O2/c1-11(2)28-15-9-13(20)8-14(10-15)26(19-22-24-25-23-19)18(27)17-7-12-5-3-4-6-16(12)21-17/h3-11,21H,1-2H3,(H,22,23,24,25). The number of carbonyl (C=O) groups excluding carboxylic acids is 1. The van der Waals surface area contributed by atoms with Crippen LogP contribution in [0.15, 0.2) is 48.5 Å². The van der Waals surface area contributed by atoms with E-state index in [1.165, 1.54) is 4.90 Å². The molecule has 28 heavy (non-hydrogen) atoms. The third-order valence-electron chi connectivity index (χ3n) is 4.00. The molecular weight excluding hydrogens is 380 g/mol. The molecule has 0 saturated heterocycles. The molecule has 0 unspecified atom stereocenters. The lowest BCUT2D eigenvalue weighted by Gasteiger charge is -2.20. The van der Waals surface area contributed by atoms with Crippen molar-refractivity contribution in [1.29, 1.82) is 0 Å². The number of para-hydroxylation sites is 1. The number of rotatable bonds is 5. The normalized spacial score (nSPS) is 11.1. The number of hydrogen-bond acceptors (Lipinski definition) is 5. The lowest BCUT2D eigenvalue weighted by molar-refractivity contribution is 0.0994. The molecule has 0 aliphatic carbocycles. The molecule has 4 rings (SSSR count). The molecule has 0 aliphatic rings. The van der Waals surface area contributed by atoms with Gasteiger partial charge in [-0.05, 0) is 48.5 Å². The smallest absolute Gasteiger partial charge is 0.281 e. The van der Waals surface area contributed by atoms with Crippen molar-refractivity contribution < 1.29 is 9.53 Å². The molecular formula is C19H17ClN6O2. The lowest BCUT2D eigenvalue weighted by atomic mass is 10.2. The van der Waals surface area contributed by atoms with Crippen LogP contribution in [0.3, 0.4) is 0 Å². The molecule has 0 bridgehead atoms. The Balaban J connectivity index is 1.80. The zero-order chi connectivity index (χ0) is 19.7. The van der Waals surface area contributed by atoms with Crippen LogP contribution in [0.4, 0.5) is 11.6 Å². The fraction of sp³-hybridized carbons (Fsp3) is 0.158. The summed E-state index contributed by atoms with van der Waals surface area (Å²) in [5.74, 6) is 0.369. The summed E-state index contributed by atoms with van der Waals surface area (Å²) in [6, 6.07) is 14.5. The summed E-state index contributed by atoms with van der Waals surface area (Å²) in [5, 5.41) is 15.1. The van der Waals surface area contributed by atoms with Crippen molar-refractivity contribution in [3.05, 3.63) is 59.2 Å². The molecule has 2 aromatic heterocycles. The molecule has 0 fully saturated rings. The van der Waals surface area contributed by atoms with Crippen LogP contribution in [0, 0.1) is 0 Å². The van der Waals surface area contributed by atoms with E-state index in [1.807, 2.05) is 38.1 Å². The van der Waals surface area contributed by atoms with Gasteiger partial charge in [0.05, 0.1) is 11.8 Å². The fourth-order valence-electron chi connectivity index (χ4n) is 2.91. The number of anilines is 2. The van der Waals surface area contributed by atoms with Gasteiger partial charge < -0.3 is 9.72 Å². The molecule has 0 radical (unpaired) electrons. The first-order valence-electron chi connectivity index (χ1n) is 8.64. The second kappa shape index (κ2) is 7.32. The number of benzene rings is 2. The number of aromatic amines is 2. The first kappa shape index (κ1) is 18.0. The zero-order valence-electron chi connectivity index (χ0n) is 15.2. The van der Waals surface area contributed by atoms with Gasteiger partial charge in [0.2, 0.25) is 0 Å². The molecule has 0 atom stereocenters. The Kier molecular flexibility index (Phi) is 4.70. The highest BCUT2D eigenvalue weighted by Gasteiger charge is 2.25. The van der Waals surface area contributed by atoms with Gasteiger partial charge in [0.25, 0.3) is 11.9 Å². The van der Waals surface area contributed by atoms with Crippen molar-refractivity contribution in [2.24, 2.45) is 0 Å². The van der Waals surface area contributed by atoms with Crippen molar-refractivity contribution in [3.63, 3.8) is 0 Å². The summed E-state index contributed by atoms with van der Waals surface area (Å²) < 4.78 is 5.74. The predicted octanol–water partition coefficient (Wildman–Crippen LogP) is 4.10. The van der Waals surface area contributed by atoms with E-state index in [4.69, 9.17) is 16.3 Å². The Morgan fingerprint density at radius 3 is 2.71 bits per heavy atom. The highest BCUT2D eigenvalue weighted by molar-refractivity contribution is 6.31. The molecule has 8 nitrogen and oxygen atoms in total. The summed E-state index contributed by atoms with van der Waals surface area (Å²) in [6.07, 6.45) is -0.0453. The van der Waals surface area contributed by atoms with Crippen LogP contribution in [0.5, 0.6) is 5.75 Å². The second-order valence-corrected chi connectivity index (χ2v) is 6.88. The van der Waals surface area contributed by atoms with Crippen molar-refractivity contribution in [2.75, 3.05) is 4.90 Å². The third kappa shape index (κ3) is 3.54. The van der Waals surface area contributed by atoms with Gasteiger partial charge in [0, 0.05) is 22.0 Å². The number of hydrogen-bond donors (Lipinski definition) is 2. The maximum Gasteiger partial charge on any atom is 0.281 e. The van der Waals surface area contributed by atoms with Crippen molar-refractivity contribution >= 4 is 40.0 Å². The van der Waals surface area contributed by atoms with E-state index in [1.54, 1.807) is 24.3 Å². The summed E-state index contributed by atoms with van der Waals surface area (Å²) >= 11 is 6.27. The average molecular weight is 397 g/mol. The number of ether oxygens (including phenoxy) is 1. The van der Waals surface area contributed by atoms with Gasteiger partial charge in [0.1, 0.15) is 11.4 Å². The maximum absolute atomic E-state index is 13.4. The van der Waals surface area contributed by atoms with Gasteiger partial charge in [-0.25, -0.2) is 10.00 Å². The number of nitrogens with one attached hydrogen (secondary N) is 2. The number of halogens is 1. The third-order valence-corrected chi connectivity index (χ3v) is 4.21. The maximum atomic E-state index is 13.4. The Labute approximate surface area is 165 Å². The highest BCUT2D eigenvalue weighted by Crippen LogP contribution is 2.32. The number of amides is 1. The monoisotopic (exact) mass is 396 g/mol. The van der Waals surface area contributed by atoms with Gasteiger partial charge in [-0.15, -0.1) is 0 Å². The number of carbonyl (C=O) groups is 1. The predicted molar refractivity (Wildman–Crippen MR) is 106 cm³/mol. The summed E-state index contributed by atoms with van der Waals surface area (Å²) in [7, 11) is 0. The van der Waals surface area contributed by atoms with E-state index in [2.05, 4.69) is 25.6 Å². The summed E-state index contributed by atoms with van der Waals surface area (Å²) in [6.45, 7) is 3.82. The first-order valence-corrected chi connectivity index (χ1v) is 9.02. The minimum absolute atomic E-state index is 0.0453. The topological polar surface area (TPSA) is 99.8 Å². The van der Waals surface area contributed by atoms with Crippen LogP contribution in [0.1, 0.15) is 24.3 Å². The van der Waals surface area contributed by atoms with E-state index in [0.29, 0.717) is 22.2 Å². The molecule has 4 aromatic rings. The van der Waals surface area contributed by atoms with E-state index >= 15 is 0 Å². The highest BCUT2D eigenvalue weighted by atomic mass is 35.5. The van der Waals surface area contributed by atoms with E-state index in [0.717, 1.165) is 10.9 Å². The minimum atomic E-state index is -0.340. The van der Waals surface area contributed by atoms with Gasteiger partial charge in [-0.2, -0.15) is 0 Å². The lowest BCUT2D eigenvalue weighted by Crippen LogP contribution is -2.27. The van der Waals surface area contributed by atoms with E-state index in [9.17, 15) is 4.79 Å². The largest absolute Gasteiger partial charge is 0.491 e. The zero-order valence-corrected chi connectivity index (χ0v) is 15.9. The fourth-order valence-corrected chi connectivity index (χ4v) is 3.13. The number of H-pyrrole nitrogens is 2. The van der Waals surface area contributed by atoms with Gasteiger partial charge in [-0.3, -0.25) is 4.79 Å². The van der Waals surface area contributed by atoms with Crippen molar-refractivity contribution in [3.8, 4) is 5.75 Å². The number of fused-ring (bicyclic) bond motifs is 1. The van der Waals surface area contributed by atoms with E-state index < -0.39 is 0 Å². The van der Waals surface area contributed by atoms with Crippen LogP contribution >= 0.6 is 11.6 Å². The number of aromatic nitrogens is 5. The molecule has 0 saturated carbocycles. The second-order valence-electron chi connectivity index (χ2n) is 6.45. The van der Waals surface area contributed by atoms with Gasteiger partial charge >= 0.3 is 0 Å². The van der Waals surface area contributed by atoms with Gasteiger partial charge in [0.15, 0.2) is 0 Å². The number of tetrazole rings is 1. The SMILES string of the molecule is CC(C)Oc1cc(Cl)cc(N(C(=O)c2cc3ccccc3[nH]2)c2nnn[nH]2)c1. The van der Waals surface area contributed by atoms with E-state index in [-0.39, 0.29) is 18.0 Å². The molecule has 2 heterocycles. The molecule has 0 aliphatic heterocycles. The Hall–Kier alpha value is -3.39. The van der Waals surface area contributed by atoms with Crippen molar-refractivity contribution in [1.82, 2.24) is 25.6 Å². The Morgan fingerprint density at radius 2 is 2.00 bits per heavy atom. The summed E-state index contributed by atoms with van der Waals surface area (Å²) in [4.78, 5) is 17.8. The summed E-state index contributed by atoms with van der Waals surface area (Å²) in [5.41, 5.74) is 1.73. The molecule has 142 valence electrons. The molecule has 0 spiro atoms. The van der Waals surface area contributed by atoms with Gasteiger partial charge in [-0.1, -0.05) is 34.9 Å². The molecule has 2 N–H and O–H groups in total. The quantitative estimate of drug-likeness (QED) is 0.529. The van der Waals surface area contributed by atoms with Crippen molar-refractivity contribution in [2.45, 2.75) is 20.0 Å². The van der Waals surface area contributed by atoms with Crippen LogP contribution in [0.2, 0.25) is 5.02 Å². The minimum Gasteiger partial charge on any atom is -0.491 e. The molecule has 9 heteroatoms. The Morgan fingerprint density at radius 1 is 1.18 bits per heavy atom. The van der Waals surface area contributed by atoms with Crippen LogP contribution in [-0.4, -0.2) is 37.6 Å². The average Bonchev–Trinajstić information content (AvgIpc) is 3.30. The van der Waals surface area contributed by atoms with Crippen LogP contribution in [-0.2, 0) is 0 Å². The first-order chi connectivity index (χ1) is 13.5. The van der Waals surface area contributed by atoms with Crippen LogP contribution in [0.25, 0.3) is 10.9 Å². The molecule has 1 amide bonds. The Bertz CT molecular complexity index is 1090.